The van der Waals surface area contributed by atoms with Crippen molar-refractivity contribution < 1.29 is 9.53 Å². The number of carbonyl (C=O) groups excluding carboxylic acids is 1. The van der Waals surface area contributed by atoms with Gasteiger partial charge in [0.1, 0.15) is 5.82 Å². The lowest BCUT2D eigenvalue weighted by Crippen LogP contribution is -2.19. The highest BCUT2D eigenvalue weighted by atomic mass is 16.5. The molecule has 0 spiro atoms. The number of fused-ring (bicyclic) bond motifs is 1. The number of esters is 1. The maximum atomic E-state index is 11.8. The van der Waals surface area contributed by atoms with E-state index in [2.05, 4.69) is 17.1 Å². The monoisotopic (exact) mass is 296 g/mol. The number of aromatic nitrogens is 1. The number of nitrogens with zero attached hydrogens (tertiary/aromatic N) is 1. The Morgan fingerprint density at radius 3 is 2.95 bits per heavy atom. The van der Waals surface area contributed by atoms with Crippen molar-refractivity contribution in [1.82, 2.24) is 4.98 Å². The molecule has 0 amide bonds. The van der Waals surface area contributed by atoms with Crippen molar-refractivity contribution in [2.45, 2.75) is 26.2 Å². The summed E-state index contributed by atoms with van der Waals surface area (Å²) < 4.78 is 5.11. The maximum Gasteiger partial charge on any atom is 0.309 e. The second-order valence-corrected chi connectivity index (χ2v) is 5.57. The van der Waals surface area contributed by atoms with Crippen LogP contribution >= 0.6 is 0 Å². The van der Waals surface area contributed by atoms with Crippen molar-refractivity contribution >= 4 is 28.1 Å². The Bertz CT molecular complexity index is 737. The summed E-state index contributed by atoms with van der Waals surface area (Å²) in [7, 11) is 0. The SMILES string of the molecule is CCOC(=O)C1CC=C(c2nc(N)cc3ccccc23)CC1. The van der Waals surface area contributed by atoms with Gasteiger partial charge in [-0.2, -0.15) is 0 Å². The van der Waals surface area contributed by atoms with Gasteiger partial charge < -0.3 is 10.5 Å². The van der Waals surface area contributed by atoms with Crippen LogP contribution in [0.5, 0.6) is 0 Å². The molecular weight excluding hydrogens is 276 g/mol. The zero-order chi connectivity index (χ0) is 15.5. The lowest BCUT2D eigenvalue weighted by Gasteiger charge is -2.21. The average Bonchev–Trinajstić information content (AvgIpc) is 2.54. The van der Waals surface area contributed by atoms with E-state index in [0.717, 1.165) is 29.3 Å². The Hall–Kier alpha value is -2.36. The molecular formula is C18H20N2O2. The Morgan fingerprint density at radius 1 is 1.41 bits per heavy atom. The highest BCUT2D eigenvalue weighted by Crippen LogP contribution is 2.34. The quantitative estimate of drug-likeness (QED) is 0.879. The van der Waals surface area contributed by atoms with Crippen LogP contribution in [-0.4, -0.2) is 17.6 Å². The Labute approximate surface area is 130 Å². The van der Waals surface area contributed by atoms with E-state index in [-0.39, 0.29) is 11.9 Å². The first-order valence-electron chi connectivity index (χ1n) is 7.70. The first kappa shape index (κ1) is 14.6. The summed E-state index contributed by atoms with van der Waals surface area (Å²) in [5, 5.41) is 2.20. The fourth-order valence-corrected chi connectivity index (χ4v) is 2.99. The van der Waals surface area contributed by atoms with Crippen molar-refractivity contribution in [3.05, 3.63) is 42.1 Å². The van der Waals surface area contributed by atoms with Crippen molar-refractivity contribution in [3.63, 3.8) is 0 Å². The molecule has 22 heavy (non-hydrogen) atoms. The van der Waals surface area contributed by atoms with Crippen molar-refractivity contribution in [2.24, 2.45) is 5.92 Å². The highest BCUT2D eigenvalue weighted by molar-refractivity contribution is 5.94. The summed E-state index contributed by atoms with van der Waals surface area (Å²) in [4.78, 5) is 16.3. The molecule has 114 valence electrons. The van der Waals surface area contributed by atoms with Gasteiger partial charge >= 0.3 is 5.97 Å². The number of anilines is 1. The van der Waals surface area contributed by atoms with E-state index < -0.39 is 0 Å². The molecule has 0 radical (unpaired) electrons. The van der Waals surface area contributed by atoms with E-state index in [1.54, 1.807) is 0 Å². The van der Waals surface area contributed by atoms with Gasteiger partial charge in [-0.25, -0.2) is 4.98 Å². The molecule has 3 rings (SSSR count). The third-order valence-corrected chi connectivity index (χ3v) is 4.10. The molecule has 1 aliphatic rings. The molecule has 1 heterocycles. The average molecular weight is 296 g/mol. The number of ether oxygens (including phenoxy) is 1. The number of allylic oxidation sites excluding steroid dienone is 2. The van der Waals surface area contributed by atoms with Gasteiger partial charge in [0, 0.05) is 5.39 Å². The minimum atomic E-state index is -0.0943. The standard InChI is InChI=1S/C18H20N2O2/c1-2-22-18(21)13-9-7-12(8-10-13)17-15-6-4-3-5-14(15)11-16(19)20-17/h3-7,11,13H,2,8-10H2,1H3,(H2,19,20). The van der Waals surface area contributed by atoms with Crippen LogP contribution in [0, 0.1) is 5.92 Å². The predicted molar refractivity (Wildman–Crippen MR) is 88.1 cm³/mol. The third-order valence-electron chi connectivity index (χ3n) is 4.10. The molecule has 0 saturated heterocycles. The van der Waals surface area contributed by atoms with Crippen LogP contribution < -0.4 is 5.73 Å². The number of hydrogen-bond acceptors (Lipinski definition) is 4. The van der Waals surface area contributed by atoms with Gasteiger partial charge in [0.2, 0.25) is 0 Å². The van der Waals surface area contributed by atoms with E-state index in [4.69, 9.17) is 10.5 Å². The summed E-state index contributed by atoms with van der Waals surface area (Å²) in [5.41, 5.74) is 8.05. The number of benzene rings is 1. The van der Waals surface area contributed by atoms with E-state index in [1.165, 1.54) is 5.57 Å². The molecule has 4 nitrogen and oxygen atoms in total. The summed E-state index contributed by atoms with van der Waals surface area (Å²) in [6.45, 7) is 2.28. The van der Waals surface area contributed by atoms with Gasteiger partial charge in [0.15, 0.2) is 0 Å². The second kappa shape index (κ2) is 6.18. The topological polar surface area (TPSA) is 65.2 Å². The summed E-state index contributed by atoms with van der Waals surface area (Å²) in [5.74, 6) is 0.404. The normalized spacial score (nSPS) is 18.0. The molecule has 0 aliphatic heterocycles. The molecule has 1 atom stereocenters. The lowest BCUT2D eigenvalue weighted by molar-refractivity contribution is -0.148. The zero-order valence-electron chi connectivity index (χ0n) is 12.7. The van der Waals surface area contributed by atoms with E-state index in [0.29, 0.717) is 18.8 Å². The van der Waals surface area contributed by atoms with Gasteiger partial charge in [-0.05, 0) is 43.2 Å². The number of hydrogen-bond donors (Lipinski definition) is 1. The number of rotatable bonds is 3. The maximum absolute atomic E-state index is 11.8. The zero-order valence-corrected chi connectivity index (χ0v) is 12.7. The fraction of sp³-hybridized carbons (Fsp3) is 0.333. The van der Waals surface area contributed by atoms with E-state index in [9.17, 15) is 4.79 Å². The van der Waals surface area contributed by atoms with Gasteiger partial charge in [-0.1, -0.05) is 30.3 Å². The number of pyridine rings is 1. The molecule has 1 aromatic carbocycles. The summed E-state index contributed by atoms with van der Waals surface area (Å²) in [6, 6.07) is 10.0. The van der Waals surface area contributed by atoms with Crippen LogP contribution in [0.2, 0.25) is 0 Å². The first-order chi connectivity index (χ1) is 10.7. The van der Waals surface area contributed by atoms with E-state index >= 15 is 0 Å². The van der Waals surface area contributed by atoms with Crippen LogP contribution in [-0.2, 0) is 9.53 Å². The first-order valence-corrected chi connectivity index (χ1v) is 7.70. The molecule has 1 aliphatic carbocycles. The van der Waals surface area contributed by atoms with E-state index in [1.807, 2.05) is 31.2 Å². The number of carbonyl (C=O) groups is 1. The Kier molecular flexibility index (Phi) is 4.09. The molecule has 0 saturated carbocycles. The van der Waals surface area contributed by atoms with Gasteiger partial charge in [-0.15, -0.1) is 0 Å². The minimum absolute atomic E-state index is 0.0315. The Balaban J connectivity index is 1.91. The molecule has 0 fully saturated rings. The van der Waals surface area contributed by atoms with Crippen LogP contribution in [0.15, 0.2) is 36.4 Å². The van der Waals surface area contributed by atoms with Crippen LogP contribution in [0.1, 0.15) is 31.9 Å². The highest BCUT2D eigenvalue weighted by Gasteiger charge is 2.24. The lowest BCUT2D eigenvalue weighted by atomic mass is 9.87. The molecule has 1 unspecified atom stereocenters. The number of nitrogen functional groups attached to an aromatic ring is 1. The smallest absolute Gasteiger partial charge is 0.309 e. The second-order valence-electron chi connectivity index (χ2n) is 5.57. The molecule has 1 aromatic heterocycles. The predicted octanol–water partition coefficient (Wildman–Crippen LogP) is 3.56. The van der Waals surface area contributed by atoms with Crippen molar-refractivity contribution in [2.75, 3.05) is 12.3 Å². The minimum Gasteiger partial charge on any atom is -0.466 e. The van der Waals surface area contributed by atoms with Gasteiger partial charge in [0.05, 0.1) is 18.2 Å². The third kappa shape index (κ3) is 2.82. The van der Waals surface area contributed by atoms with Crippen molar-refractivity contribution in [3.8, 4) is 0 Å². The molecule has 2 aromatic rings. The van der Waals surface area contributed by atoms with Crippen LogP contribution in [0.25, 0.3) is 16.3 Å². The number of nitrogens with two attached hydrogens (primary N) is 1. The molecule has 4 heteroatoms. The summed E-state index contributed by atoms with van der Waals surface area (Å²) in [6.07, 6.45) is 4.44. The largest absolute Gasteiger partial charge is 0.466 e. The summed E-state index contributed by atoms with van der Waals surface area (Å²) >= 11 is 0. The fourth-order valence-electron chi connectivity index (χ4n) is 2.99. The van der Waals surface area contributed by atoms with Crippen LogP contribution in [0.4, 0.5) is 5.82 Å². The van der Waals surface area contributed by atoms with Crippen LogP contribution in [0.3, 0.4) is 0 Å². The molecule has 2 N–H and O–H groups in total. The Morgan fingerprint density at radius 2 is 2.23 bits per heavy atom. The van der Waals surface area contributed by atoms with Gasteiger partial charge in [0.25, 0.3) is 0 Å². The van der Waals surface area contributed by atoms with Crippen molar-refractivity contribution in [1.29, 1.82) is 0 Å². The molecule has 0 bridgehead atoms. The van der Waals surface area contributed by atoms with Gasteiger partial charge in [-0.3, -0.25) is 4.79 Å².